The molecular weight excluding hydrogens is 243 g/mol. The number of rotatable bonds is 5. The van der Waals surface area contributed by atoms with Gasteiger partial charge in [-0.25, -0.2) is 4.39 Å². The fourth-order valence-corrected chi connectivity index (χ4v) is 1.63. The lowest BCUT2D eigenvalue weighted by Crippen LogP contribution is -1.99. The maximum atomic E-state index is 12.8. The molecule has 0 saturated heterocycles. The maximum absolute atomic E-state index is 12.8. The van der Waals surface area contributed by atoms with Gasteiger partial charge in [0.05, 0.1) is 0 Å². The predicted molar refractivity (Wildman–Crippen MR) is 74.3 cm³/mol. The molecule has 0 aromatic heterocycles. The van der Waals surface area contributed by atoms with Crippen LogP contribution in [0.2, 0.25) is 0 Å². The monoisotopic (exact) mass is 258 g/mol. The Balaban J connectivity index is 2.15. The zero-order valence-electron chi connectivity index (χ0n) is 10.7. The third kappa shape index (κ3) is 3.93. The molecule has 2 aromatic carbocycles. The summed E-state index contributed by atoms with van der Waals surface area (Å²) in [7, 11) is 1.58. The summed E-state index contributed by atoms with van der Waals surface area (Å²) in [5, 5.41) is 0. The molecule has 3 heteroatoms. The summed E-state index contributed by atoms with van der Waals surface area (Å²) in [6.07, 6.45) is 3.84. The average molecular weight is 258 g/mol. The molecule has 0 heterocycles. The smallest absolute Gasteiger partial charge is 0.188 e. The van der Waals surface area contributed by atoms with Gasteiger partial charge in [0.1, 0.15) is 11.6 Å². The summed E-state index contributed by atoms with van der Waals surface area (Å²) < 4.78 is 23.1. The molecule has 0 amide bonds. The first kappa shape index (κ1) is 13.3. The van der Waals surface area contributed by atoms with Crippen molar-refractivity contribution in [3.63, 3.8) is 0 Å². The van der Waals surface area contributed by atoms with Crippen molar-refractivity contribution >= 4 is 12.2 Å². The van der Waals surface area contributed by atoms with Crippen LogP contribution in [-0.4, -0.2) is 13.9 Å². The zero-order chi connectivity index (χ0) is 13.5. The molecule has 0 aliphatic carbocycles. The molecule has 0 N–H and O–H groups in total. The van der Waals surface area contributed by atoms with E-state index in [-0.39, 0.29) is 12.6 Å². The van der Waals surface area contributed by atoms with E-state index in [0.29, 0.717) is 0 Å². The minimum Gasteiger partial charge on any atom is -0.467 e. The van der Waals surface area contributed by atoms with Crippen LogP contribution in [0, 0.1) is 5.82 Å². The molecule has 0 spiro atoms. The Morgan fingerprint density at radius 3 is 2.47 bits per heavy atom. The predicted octanol–water partition coefficient (Wildman–Crippen LogP) is 3.98. The number of halogens is 1. The molecule has 2 rings (SSSR count). The van der Waals surface area contributed by atoms with E-state index in [1.165, 1.54) is 12.1 Å². The van der Waals surface area contributed by atoms with E-state index >= 15 is 0 Å². The lowest BCUT2D eigenvalue weighted by molar-refractivity contribution is 0.0510. The molecule has 0 aliphatic rings. The van der Waals surface area contributed by atoms with Gasteiger partial charge in [0.15, 0.2) is 6.79 Å². The third-order valence-electron chi connectivity index (χ3n) is 2.58. The third-order valence-corrected chi connectivity index (χ3v) is 2.58. The van der Waals surface area contributed by atoms with Crippen LogP contribution in [0.1, 0.15) is 11.1 Å². The first-order chi connectivity index (χ1) is 9.29. The van der Waals surface area contributed by atoms with E-state index in [0.717, 1.165) is 16.9 Å². The molecular formula is C16H15FO2. The van der Waals surface area contributed by atoms with E-state index in [1.807, 2.05) is 36.4 Å². The van der Waals surface area contributed by atoms with Gasteiger partial charge in [-0.2, -0.15) is 0 Å². The summed E-state index contributed by atoms with van der Waals surface area (Å²) in [6, 6.07) is 14.0. The van der Waals surface area contributed by atoms with E-state index < -0.39 is 0 Å². The minimum absolute atomic E-state index is 0.210. The van der Waals surface area contributed by atoms with Crippen LogP contribution in [0.5, 0.6) is 5.75 Å². The molecule has 2 aromatic rings. The van der Waals surface area contributed by atoms with Gasteiger partial charge in [0.25, 0.3) is 0 Å². The molecule has 2 nitrogen and oxygen atoms in total. The second-order valence-electron chi connectivity index (χ2n) is 3.97. The Labute approximate surface area is 112 Å². The van der Waals surface area contributed by atoms with E-state index in [1.54, 1.807) is 19.2 Å². The molecule has 0 fully saturated rings. The average Bonchev–Trinajstić information content (AvgIpc) is 2.45. The normalized spacial score (nSPS) is 10.8. The van der Waals surface area contributed by atoms with Gasteiger partial charge < -0.3 is 9.47 Å². The second kappa shape index (κ2) is 6.71. The Morgan fingerprint density at radius 1 is 1.00 bits per heavy atom. The lowest BCUT2D eigenvalue weighted by atomic mass is 10.1. The first-order valence-electron chi connectivity index (χ1n) is 5.94. The molecule has 0 aliphatic heterocycles. The summed E-state index contributed by atoms with van der Waals surface area (Å²) in [5.74, 6) is 0.517. The zero-order valence-corrected chi connectivity index (χ0v) is 10.7. The molecule has 19 heavy (non-hydrogen) atoms. The van der Waals surface area contributed by atoms with Crippen LogP contribution in [0.25, 0.3) is 12.2 Å². The number of benzene rings is 2. The van der Waals surface area contributed by atoms with E-state index in [9.17, 15) is 4.39 Å². The highest BCUT2D eigenvalue weighted by Crippen LogP contribution is 2.20. The number of hydrogen-bond acceptors (Lipinski definition) is 2. The fraction of sp³-hybridized carbons (Fsp3) is 0.125. The minimum atomic E-state index is -0.235. The van der Waals surface area contributed by atoms with Gasteiger partial charge >= 0.3 is 0 Å². The Morgan fingerprint density at radius 2 is 1.74 bits per heavy atom. The van der Waals surface area contributed by atoms with Crippen molar-refractivity contribution in [2.75, 3.05) is 13.9 Å². The maximum Gasteiger partial charge on any atom is 0.188 e. The van der Waals surface area contributed by atoms with Gasteiger partial charge in [0.2, 0.25) is 0 Å². The summed E-state index contributed by atoms with van der Waals surface area (Å²) in [4.78, 5) is 0. The van der Waals surface area contributed by atoms with Crippen LogP contribution >= 0.6 is 0 Å². The van der Waals surface area contributed by atoms with Crippen molar-refractivity contribution < 1.29 is 13.9 Å². The topological polar surface area (TPSA) is 18.5 Å². The number of hydrogen-bond donors (Lipinski definition) is 0. The summed E-state index contributed by atoms with van der Waals surface area (Å²) in [5.41, 5.74) is 1.88. The molecule has 0 atom stereocenters. The first-order valence-corrected chi connectivity index (χ1v) is 5.94. The van der Waals surface area contributed by atoms with Gasteiger partial charge in [-0.1, -0.05) is 42.5 Å². The van der Waals surface area contributed by atoms with Gasteiger partial charge in [-0.3, -0.25) is 0 Å². The fourth-order valence-electron chi connectivity index (χ4n) is 1.63. The van der Waals surface area contributed by atoms with Crippen LogP contribution in [0.3, 0.4) is 0 Å². The highest BCUT2D eigenvalue weighted by molar-refractivity contribution is 5.72. The summed E-state index contributed by atoms with van der Waals surface area (Å²) in [6.45, 7) is 0.210. The summed E-state index contributed by atoms with van der Waals surface area (Å²) >= 11 is 0. The second-order valence-corrected chi connectivity index (χ2v) is 3.97. The van der Waals surface area contributed by atoms with Crippen molar-refractivity contribution in [3.05, 3.63) is 65.5 Å². The molecule has 0 bridgehead atoms. The largest absolute Gasteiger partial charge is 0.467 e. The van der Waals surface area contributed by atoms with Gasteiger partial charge in [0, 0.05) is 12.7 Å². The van der Waals surface area contributed by atoms with Crippen LogP contribution in [0.4, 0.5) is 4.39 Å². The van der Waals surface area contributed by atoms with E-state index in [4.69, 9.17) is 9.47 Å². The van der Waals surface area contributed by atoms with Gasteiger partial charge in [-0.15, -0.1) is 0 Å². The van der Waals surface area contributed by atoms with Crippen LogP contribution < -0.4 is 4.74 Å². The molecule has 0 radical (unpaired) electrons. The number of para-hydroxylation sites is 1. The highest BCUT2D eigenvalue weighted by Gasteiger charge is 1.99. The highest BCUT2D eigenvalue weighted by atomic mass is 19.1. The Hall–Kier alpha value is -2.13. The van der Waals surface area contributed by atoms with Crippen molar-refractivity contribution in [3.8, 4) is 5.75 Å². The quantitative estimate of drug-likeness (QED) is 0.596. The van der Waals surface area contributed by atoms with Gasteiger partial charge in [-0.05, 0) is 23.8 Å². The Bertz CT molecular complexity index is 547. The number of methoxy groups -OCH3 is 1. The lowest BCUT2D eigenvalue weighted by Gasteiger charge is -2.07. The van der Waals surface area contributed by atoms with Crippen LogP contribution in [0.15, 0.2) is 48.5 Å². The molecule has 98 valence electrons. The molecule has 0 saturated carbocycles. The van der Waals surface area contributed by atoms with Crippen molar-refractivity contribution in [2.24, 2.45) is 0 Å². The van der Waals surface area contributed by atoms with Crippen molar-refractivity contribution in [1.29, 1.82) is 0 Å². The van der Waals surface area contributed by atoms with Crippen LogP contribution in [-0.2, 0) is 4.74 Å². The van der Waals surface area contributed by atoms with E-state index in [2.05, 4.69) is 0 Å². The number of ether oxygens (including phenoxy) is 2. The van der Waals surface area contributed by atoms with Crippen molar-refractivity contribution in [2.45, 2.75) is 0 Å². The molecule has 0 unspecified atom stereocenters. The SMILES string of the molecule is COCOc1ccccc1/C=C\c1ccc(F)cc1. The standard InChI is InChI=1S/C16H15FO2/c1-18-12-19-16-5-3-2-4-14(16)9-6-13-7-10-15(17)11-8-13/h2-11H,12H2,1H3/b9-6-. The Kier molecular flexibility index (Phi) is 4.70. The van der Waals surface area contributed by atoms with Crippen molar-refractivity contribution in [1.82, 2.24) is 0 Å².